The summed E-state index contributed by atoms with van der Waals surface area (Å²) in [5, 5.41) is 4.88. The van der Waals surface area contributed by atoms with Gasteiger partial charge in [-0.05, 0) is 54.8 Å². The van der Waals surface area contributed by atoms with Gasteiger partial charge in [0.1, 0.15) is 11.5 Å². The van der Waals surface area contributed by atoms with Crippen LogP contribution in [0.15, 0.2) is 72.1 Å². The van der Waals surface area contributed by atoms with Gasteiger partial charge in [0, 0.05) is 31.9 Å². The van der Waals surface area contributed by atoms with Gasteiger partial charge >= 0.3 is 0 Å². The molecule has 1 aromatic heterocycles. The first kappa shape index (κ1) is 21.1. The zero-order chi connectivity index (χ0) is 21.6. The molecule has 0 bridgehead atoms. The van der Waals surface area contributed by atoms with E-state index in [4.69, 9.17) is 4.74 Å². The fourth-order valence-electron chi connectivity index (χ4n) is 3.51. The Kier molecular flexibility index (Phi) is 6.64. The number of hydrogen-bond donors (Lipinski definition) is 1. The van der Waals surface area contributed by atoms with Crippen LogP contribution < -0.4 is 10.1 Å². The van der Waals surface area contributed by atoms with Crippen molar-refractivity contribution in [1.29, 1.82) is 0 Å². The van der Waals surface area contributed by atoms with E-state index < -0.39 is 0 Å². The fourth-order valence-corrected chi connectivity index (χ4v) is 4.20. The van der Waals surface area contributed by atoms with E-state index in [0.29, 0.717) is 31.9 Å². The molecule has 2 heterocycles. The molecule has 0 spiro atoms. The van der Waals surface area contributed by atoms with Crippen molar-refractivity contribution in [2.24, 2.45) is 0 Å². The van der Waals surface area contributed by atoms with Crippen molar-refractivity contribution in [2.45, 2.75) is 13.0 Å². The van der Waals surface area contributed by atoms with Crippen LogP contribution in [0.4, 0.5) is 5.69 Å². The molecule has 2 aromatic carbocycles. The molecule has 31 heavy (non-hydrogen) atoms. The zero-order valence-electron chi connectivity index (χ0n) is 17.4. The standard InChI is InChI=1S/C24H25N3O3S/c1-18(26-13-15-27(16-14-26)24(29)22-8-5-17-31-22)23(28)25-19-9-11-21(12-10-19)30-20-6-3-2-4-7-20/h2-12,17-18H,13-16H2,1H3,(H,25,28)/t18-/m1/s1. The van der Waals surface area contributed by atoms with Gasteiger partial charge in [-0.2, -0.15) is 0 Å². The minimum Gasteiger partial charge on any atom is -0.457 e. The third-order valence-corrected chi connectivity index (χ3v) is 6.22. The average molecular weight is 436 g/mol. The van der Waals surface area contributed by atoms with Crippen molar-refractivity contribution in [1.82, 2.24) is 9.80 Å². The SMILES string of the molecule is C[C@H](C(=O)Nc1ccc(Oc2ccccc2)cc1)N1CCN(C(=O)c2cccs2)CC1. The third-order valence-electron chi connectivity index (χ3n) is 5.36. The van der Waals surface area contributed by atoms with E-state index in [1.807, 2.05) is 83.9 Å². The summed E-state index contributed by atoms with van der Waals surface area (Å²) in [4.78, 5) is 29.9. The van der Waals surface area contributed by atoms with Gasteiger partial charge in [0.05, 0.1) is 10.9 Å². The summed E-state index contributed by atoms with van der Waals surface area (Å²) in [7, 11) is 0. The highest BCUT2D eigenvalue weighted by Crippen LogP contribution is 2.23. The number of rotatable bonds is 6. The van der Waals surface area contributed by atoms with Crippen molar-refractivity contribution in [2.75, 3.05) is 31.5 Å². The van der Waals surface area contributed by atoms with Crippen LogP contribution in [0.2, 0.25) is 0 Å². The maximum absolute atomic E-state index is 12.7. The number of carbonyl (C=O) groups is 2. The first-order chi connectivity index (χ1) is 15.1. The van der Waals surface area contributed by atoms with E-state index in [1.165, 1.54) is 11.3 Å². The molecule has 1 aliphatic rings. The largest absolute Gasteiger partial charge is 0.457 e. The summed E-state index contributed by atoms with van der Waals surface area (Å²) in [5.41, 5.74) is 0.726. The Labute approximate surface area is 186 Å². The van der Waals surface area contributed by atoms with Gasteiger partial charge in [0.15, 0.2) is 0 Å². The van der Waals surface area contributed by atoms with Crippen LogP contribution in [0.25, 0.3) is 0 Å². The maximum Gasteiger partial charge on any atom is 0.264 e. The zero-order valence-corrected chi connectivity index (χ0v) is 18.2. The Bertz CT molecular complexity index is 998. The van der Waals surface area contributed by atoms with Gasteiger partial charge < -0.3 is 15.0 Å². The van der Waals surface area contributed by atoms with Crippen molar-refractivity contribution in [3.05, 3.63) is 77.0 Å². The Morgan fingerprint density at radius 3 is 2.23 bits per heavy atom. The van der Waals surface area contributed by atoms with E-state index in [9.17, 15) is 9.59 Å². The lowest BCUT2D eigenvalue weighted by molar-refractivity contribution is -0.121. The van der Waals surface area contributed by atoms with Crippen LogP contribution in [0, 0.1) is 0 Å². The average Bonchev–Trinajstić information content (AvgIpc) is 3.35. The lowest BCUT2D eigenvalue weighted by Gasteiger charge is -2.37. The third kappa shape index (κ3) is 5.31. The highest BCUT2D eigenvalue weighted by molar-refractivity contribution is 7.12. The van der Waals surface area contributed by atoms with Crippen LogP contribution in [0.1, 0.15) is 16.6 Å². The molecule has 2 amide bonds. The summed E-state index contributed by atoms with van der Waals surface area (Å²) in [6, 6.07) is 20.4. The fraction of sp³-hybridized carbons (Fsp3) is 0.250. The quantitative estimate of drug-likeness (QED) is 0.626. The van der Waals surface area contributed by atoms with Gasteiger partial charge in [-0.25, -0.2) is 0 Å². The van der Waals surface area contributed by atoms with E-state index in [1.54, 1.807) is 0 Å². The monoisotopic (exact) mass is 435 g/mol. The van der Waals surface area contributed by atoms with E-state index >= 15 is 0 Å². The molecular weight excluding hydrogens is 410 g/mol. The number of carbonyl (C=O) groups excluding carboxylic acids is 2. The molecule has 7 heteroatoms. The molecule has 1 saturated heterocycles. The predicted octanol–water partition coefficient (Wildman–Crippen LogP) is 4.33. The molecule has 4 rings (SSSR count). The lowest BCUT2D eigenvalue weighted by atomic mass is 10.2. The minimum atomic E-state index is -0.278. The van der Waals surface area contributed by atoms with Crippen LogP contribution >= 0.6 is 11.3 Å². The molecule has 0 radical (unpaired) electrons. The van der Waals surface area contributed by atoms with Gasteiger partial charge in [-0.3, -0.25) is 14.5 Å². The highest BCUT2D eigenvalue weighted by Gasteiger charge is 2.28. The normalized spacial score (nSPS) is 15.3. The number of nitrogens with zero attached hydrogens (tertiary/aromatic N) is 2. The number of amides is 2. The lowest BCUT2D eigenvalue weighted by Crippen LogP contribution is -2.53. The molecule has 3 aromatic rings. The summed E-state index contributed by atoms with van der Waals surface area (Å²) < 4.78 is 5.78. The van der Waals surface area contributed by atoms with Crippen molar-refractivity contribution >= 4 is 28.8 Å². The van der Waals surface area contributed by atoms with E-state index in [-0.39, 0.29) is 17.9 Å². The number of thiophene rings is 1. The van der Waals surface area contributed by atoms with E-state index in [0.717, 1.165) is 16.3 Å². The predicted molar refractivity (Wildman–Crippen MR) is 123 cm³/mol. The number of ether oxygens (including phenoxy) is 1. The molecule has 160 valence electrons. The van der Waals surface area contributed by atoms with Gasteiger partial charge in [-0.15, -0.1) is 11.3 Å². The molecule has 1 fully saturated rings. The van der Waals surface area contributed by atoms with Crippen molar-refractivity contribution in [3.63, 3.8) is 0 Å². The molecule has 0 saturated carbocycles. The first-order valence-corrected chi connectivity index (χ1v) is 11.2. The Balaban J connectivity index is 1.27. The molecule has 1 N–H and O–H groups in total. The molecular formula is C24H25N3O3S. The maximum atomic E-state index is 12.7. The van der Waals surface area contributed by atoms with Crippen LogP contribution in [0.5, 0.6) is 11.5 Å². The minimum absolute atomic E-state index is 0.0604. The summed E-state index contributed by atoms with van der Waals surface area (Å²) in [5.74, 6) is 1.49. The summed E-state index contributed by atoms with van der Waals surface area (Å²) >= 11 is 1.46. The summed E-state index contributed by atoms with van der Waals surface area (Å²) in [6.07, 6.45) is 0. The second kappa shape index (κ2) is 9.76. The van der Waals surface area contributed by atoms with Crippen molar-refractivity contribution < 1.29 is 14.3 Å². The van der Waals surface area contributed by atoms with Gasteiger partial charge in [0.25, 0.3) is 5.91 Å². The second-order valence-electron chi connectivity index (χ2n) is 7.41. The number of hydrogen-bond acceptors (Lipinski definition) is 5. The van der Waals surface area contributed by atoms with Gasteiger partial charge in [0.2, 0.25) is 5.91 Å². The molecule has 0 aliphatic carbocycles. The Hall–Kier alpha value is -3.16. The van der Waals surface area contributed by atoms with Crippen molar-refractivity contribution in [3.8, 4) is 11.5 Å². The van der Waals surface area contributed by atoms with Crippen LogP contribution in [-0.2, 0) is 4.79 Å². The summed E-state index contributed by atoms with van der Waals surface area (Å²) in [6.45, 7) is 4.50. The number of nitrogens with one attached hydrogen (secondary N) is 1. The molecule has 1 aliphatic heterocycles. The molecule has 1 atom stereocenters. The smallest absolute Gasteiger partial charge is 0.264 e. The Morgan fingerprint density at radius 2 is 1.58 bits per heavy atom. The number of benzene rings is 2. The van der Waals surface area contributed by atoms with Gasteiger partial charge in [-0.1, -0.05) is 24.3 Å². The topological polar surface area (TPSA) is 61.9 Å². The van der Waals surface area contributed by atoms with E-state index in [2.05, 4.69) is 10.2 Å². The van der Waals surface area contributed by atoms with Crippen LogP contribution in [-0.4, -0.2) is 53.8 Å². The number of para-hydroxylation sites is 1. The molecule has 6 nitrogen and oxygen atoms in total. The first-order valence-electron chi connectivity index (χ1n) is 10.3. The second-order valence-corrected chi connectivity index (χ2v) is 8.36. The number of piperazine rings is 1. The number of anilines is 1. The Morgan fingerprint density at radius 1 is 0.903 bits per heavy atom. The molecule has 0 unspecified atom stereocenters. The van der Waals surface area contributed by atoms with Crippen LogP contribution in [0.3, 0.4) is 0 Å². The highest BCUT2D eigenvalue weighted by atomic mass is 32.1.